The normalized spacial score (nSPS) is 9.82. The molecule has 0 spiro atoms. The molecule has 0 aliphatic heterocycles. The lowest BCUT2D eigenvalue weighted by Crippen LogP contribution is -3.00. The molecule has 0 saturated heterocycles. The van der Waals surface area contributed by atoms with Gasteiger partial charge in [-0.3, -0.25) is 14.9 Å². The van der Waals surface area contributed by atoms with Crippen LogP contribution in [0.1, 0.15) is 27.0 Å². The van der Waals surface area contributed by atoms with Crippen LogP contribution in [0.4, 0.5) is 5.69 Å². The summed E-state index contributed by atoms with van der Waals surface area (Å²) < 4.78 is 1.79. The maximum Gasteiger partial charge on any atom is 0.269 e. The molecule has 1 aromatic heterocycles. The van der Waals surface area contributed by atoms with Crippen molar-refractivity contribution in [3.63, 3.8) is 0 Å². The molecule has 0 radical (unpaired) electrons. The number of carbonyl (C=O) groups excluding carboxylic acids is 1. The Hall–Kier alpha value is -3.37. The number of pyridine rings is 1. The van der Waals surface area contributed by atoms with Crippen molar-refractivity contribution >= 4 is 11.5 Å². The Morgan fingerprint density at radius 2 is 1.54 bits per heavy atom. The molecule has 1 heterocycles. The van der Waals surface area contributed by atoms with Crippen molar-refractivity contribution in [3.05, 3.63) is 105 Å². The highest BCUT2D eigenvalue weighted by Gasteiger charge is 2.12. The second-order valence-corrected chi connectivity index (χ2v) is 6.09. The third kappa shape index (κ3) is 5.32. The molecule has 0 N–H and O–H groups in total. The first-order valence-electron chi connectivity index (χ1n) is 8.30. The van der Waals surface area contributed by atoms with Crippen LogP contribution < -0.4 is 21.5 Å². The van der Waals surface area contributed by atoms with E-state index in [2.05, 4.69) is 0 Å². The third-order valence-electron chi connectivity index (χ3n) is 4.18. The van der Waals surface area contributed by atoms with Gasteiger partial charge in [0.05, 0.1) is 16.6 Å². The van der Waals surface area contributed by atoms with E-state index in [1.807, 2.05) is 30.6 Å². The molecule has 0 saturated carbocycles. The van der Waals surface area contributed by atoms with Gasteiger partial charge in [-0.1, -0.05) is 12.1 Å². The van der Waals surface area contributed by atoms with Crippen LogP contribution in [0.15, 0.2) is 73.1 Å². The van der Waals surface area contributed by atoms with Gasteiger partial charge in [-0.05, 0) is 41.8 Å². The molecule has 0 amide bonds. The van der Waals surface area contributed by atoms with Gasteiger partial charge in [0.2, 0.25) is 12.3 Å². The van der Waals surface area contributed by atoms with Crippen molar-refractivity contribution in [1.29, 1.82) is 5.26 Å². The molecule has 0 unspecified atom stereocenters. The van der Waals surface area contributed by atoms with Crippen LogP contribution in [0.25, 0.3) is 0 Å². The molecule has 0 aliphatic carbocycles. The van der Waals surface area contributed by atoms with Crippen molar-refractivity contribution < 1.29 is 31.3 Å². The molecule has 0 aliphatic rings. The highest BCUT2D eigenvalue weighted by Crippen LogP contribution is 2.14. The molecule has 6 nitrogen and oxygen atoms in total. The average molecular weight is 438 g/mol. The number of ketones is 1. The summed E-state index contributed by atoms with van der Waals surface area (Å²) >= 11 is 0. The van der Waals surface area contributed by atoms with Gasteiger partial charge >= 0.3 is 0 Å². The van der Waals surface area contributed by atoms with Crippen LogP contribution in [-0.4, -0.2) is 10.7 Å². The SMILES string of the molecule is N#Cc1ccc(C(=O)C[n+]2ccc(Cc3ccc([N+](=O)[O-])cc3)cc2)cc1.[Br-]. The second-order valence-electron chi connectivity index (χ2n) is 6.09. The fourth-order valence-corrected chi connectivity index (χ4v) is 2.67. The topological polar surface area (TPSA) is 87.9 Å². The lowest BCUT2D eigenvalue weighted by atomic mass is 10.1. The lowest BCUT2D eigenvalue weighted by Gasteiger charge is -2.02. The van der Waals surface area contributed by atoms with Gasteiger partial charge in [0.1, 0.15) is 0 Å². The van der Waals surface area contributed by atoms with E-state index in [1.54, 1.807) is 41.0 Å². The number of Topliss-reactive ketones (excluding diaryl/α,β-unsaturated/α-hetero) is 1. The van der Waals surface area contributed by atoms with Crippen molar-refractivity contribution in [2.45, 2.75) is 13.0 Å². The molecule has 28 heavy (non-hydrogen) atoms. The number of nitriles is 1. The van der Waals surface area contributed by atoms with E-state index in [4.69, 9.17) is 5.26 Å². The summed E-state index contributed by atoms with van der Waals surface area (Å²) in [4.78, 5) is 22.6. The predicted octanol–water partition coefficient (Wildman–Crippen LogP) is 0.232. The number of nitro benzene ring substituents is 1. The number of hydrogen-bond donors (Lipinski definition) is 0. The summed E-state index contributed by atoms with van der Waals surface area (Å²) in [6, 6.07) is 18.9. The highest BCUT2D eigenvalue weighted by atomic mass is 79.9. The minimum absolute atomic E-state index is 0. The summed E-state index contributed by atoms with van der Waals surface area (Å²) in [5, 5.41) is 19.5. The maximum atomic E-state index is 12.3. The Morgan fingerprint density at radius 1 is 0.964 bits per heavy atom. The minimum Gasteiger partial charge on any atom is -1.00 e. The van der Waals surface area contributed by atoms with Crippen LogP contribution in [0, 0.1) is 21.4 Å². The van der Waals surface area contributed by atoms with Gasteiger partial charge in [0.25, 0.3) is 5.69 Å². The summed E-state index contributed by atoms with van der Waals surface area (Å²) in [6.45, 7) is 0.212. The smallest absolute Gasteiger partial charge is 0.269 e. The quantitative estimate of drug-likeness (QED) is 0.239. The van der Waals surface area contributed by atoms with E-state index < -0.39 is 4.92 Å². The van der Waals surface area contributed by atoms with Crippen LogP contribution in [0.5, 0.6) is 0 Å². The van der Waals surface area contributed by atoms with E-state index in [1.165, 1.54) is 12.1 Å². The molecule has 3 rings (SSSR count). The molecule has 140 valence electrons. The van der Waals surface area contributed by atoms with Crippen molar-refractivity contribution in [2.75, 3.05) is 0 Å². The monoisotopic (exact) mass is 437 g/mol. The first-order valence-corrected chi connectivity index (χ1v) is 8.30. The molecular weight excluding hydrogens is 422 g/mol. The van der Waals surface area contributed by atoms with E-state index in [0.29, 0.717) is 17.5 Å². The highest BCUT2D eigenvalue weighted by molar-refractivity contribution is 5.95. The van der Waals surface area contributed by atoms with Crippen molar-refractivity contribution in [1.82, 2.24) is 0 Å². The molecular formula is C21H16BrN3O3. The minimum atomic E-state index is -0.417. The number of benzene rings is 2. The Bertz CT molecular complexity index is 1010. The zero-order valence-corrected chi connectivity index (χ0v) is 16.4. The Morgan fingerprint density at radius 3 is 2.07 bits per heavy atom. The number of non-ortho nitro benzene ring substituents is 1. The molecule has 7 heteroatoms. The van der Waals surface area contributed by atoms with Crippen LogP contribution >= 0.6 is 0 Å². The van der Waals surface area contributed by atoms with Gasteiger partial charge in [0.15, 0.2) is 12.4 Å². The summed E-state index contributed by atoms with van der Waals surface area (Å²) in [5.41, 5.74) is 3.19. The maximum absolute atomic E-state index is 12.3. The van der Waals surface area contributed by atoms with E-state index in [0.717, 1.165) is 11.1 Å². The number of rotatable bonds is 6. The number of halogens is 1. The number of nitro groups is 1. The fourth-order valence-electron chi connectivity index (χ4n) is 2.67. The lowest BCUT2D eigenvalue weighted by molar-refractivity contribution is -0.683. The zero-order valence-electron chi connectivity index (χ0n) is 14.8. The van der Waals surface area contributed by atoms with Crippen LogP contribution in [0.2, 0.25) is 0 Å². The Balaban J connectivity index is 0.00000280. The van der Waals surface area contributed by atoms with Gasteiger partial charge in [-0.15, -0.1) is 0 Å². The second kappa shape index (κ2) is 9.53. The molecule has 0 atom stereocenters. The summed E-state index contributed by atoms with van der Waals surface area (Å²) in [5.74, 6) is -0.0346. The number of aromatic nitrogens is 1. The molecule has 0 fully saturated rings. The number of carbonyl (C=O) groups is 1. The van der Waals surface area contributed by atoms with Crippen molar-refractivity contribution in [3.8, 4) is 6.07 Å². The first kappa shape index (κ1) is 20.9. The number of nitrogens with zero attached hydrogens (tertiary/aromatic N) is 3. The average Bonchev–Trinajstić information content (AvgIpc) is 2.70. The summed E-state index contributed by atoms with van der Waals surface area (Å²) in [6.07, 6.45) is 4.33. The van der Waals surface area contributed by atoms with E-state index in [9.17, 15) is 14.9 Å². The number of hydrogen-bond acceptors (Lipinski definition) is 4. The zero-order chi connectivity index (χ0) is 19.2. The molecule has 0 bridgehead atoms. The largest absolute Gasteiger partial charge is 1.00 e. The molecule has 2 aromatic carbocycles. The van der Waals surface area contributed by atoms with Crippen LogP contribution in [0.3, 0.4) is 0 Å². The fraction of sp³-hybridized carbons (Fsp3) is 0.0952. The van der Waals surface area contributed by atoms with Crippen LogP contribution in [-0.2, 0) is 13.0 Å². The van der Waals surface area contributed by atoms with Gasteiger partial charge in [-0.2, -0.15) is 9.83 Å². The van der Waals surface area contributed by atoms with Gasteiger partial charge in [0, 0.05) is 29.8 Å². The Labute approximate surface area is 172 Å². The van der Waals surface area contributed by atoms with Crippen molar-refractivity contribution in [2.24, 2.45) is 0 Å². The first-order chi connectivity index (χ1) is 13.0. The van der Waals surface area contributed by atoms with E-state index >= 15 is 0 Å². The third-order valence-corrected chi connectivity index (χ3v) is 4.18. The Kier molecular flexibility index (Phi) is 7.13. The van der Waals surface area contributed by atoms with E-state index in [-0.39, 0.29) is 35.0 Å². The summed E-state index contributed by atoms with van der Waals surface area (Å²) in [7, 11) is 0. The molecule has 3 aromatic rings. The van der Waals surface area contributed by atoms with Gasteiger partial charge < -0.3 is 17.0 Å². The van der Waals surface area contributed by atoms with Gasteiger partial charge in [-0.25, -0.2) is 0 Å². The standard InChI is InChI=1S/C21H16N3O3.BrH/c22-14-18-1-5-19(6-2-18)21(25)15-23-11-9-17(10-12-23)13-16-3-7-20(8-4-16)24(26)27;/h1-12H,13,15H2;1H/q+1;/p-1. The predicted molar refractivity (Wildman–Crippen MR) is 98.0 cm³/mol.